The van der Waals surface area contributed by atoms with Gasteiger partial charge in [0.05, 0.1) is 5.01 Å². The lowest BCUT2D eigenvalue weighted by atomic mass is 10.1. The van der Waals surface area contributed by atoms with E-state index in [-0.39, 0.29) is 5.78 Å². The molecular weight excluding hydrogens is 226 g/mol. The smallest absolute Gasteiger partial charge is 0.135 e. The highest BCUT2D eigenvalue weighted by atomic mass is 32.2. The minimum absolute atomic E-state index is 0.224. The fourth-order valence-corrected chi connectivity index (χ4v) is 4.15. The van der Waals surface area contributed by atoms with E-state index in [1.165, 1.54) is 22.9 Å². The predicted molar refractivity (Wildman–Crippen MR) is 65.6 cm³/mol. The first kappa shape index (κ1) is 11.1. The third-order valence-electron chi connectivity index (χ3n) is 2.51. The number of rotatable bonds is 4. The first-order valence-electron chi connectivity index (χ1n) is 5.25. The van der Waals surface area contributed by atoms with E-state index in [0.29, 0.717) is 6.42 Å². The Hall–Kier alpha value is -0.350. The summed E-state index contributed by atoms with van der Waals surface area (Å²) < 4.78 is 0. The van der Waals surface area contributed by atoms with Gasteiger partial charge in [0.2, 0.25) is 0 Å². The Morgan fingerprint density at radius 3 is 3.20 bits per heavy atom. The molecule has 0 aliphatic carbocycles. The topological polar surface area (TPSA) is 30.0 Å². The number of hydrogen-bond acceptors (Lipinski definition) is 4. The van der Waals surface area contributed by atoms with E-state index < -0.39 is 0 Å². The van der Waals surface area contributed by atoms with Crippen molar-refractivity contribution in [2.75, 3.05) is 11.5 Å². The summed E-state index contributed by atoms with van der Waals surface area (Å²) in [6, 6.07) is 0. The Balaban J connectivity index is 1.91. The molecule has 0 aromatic carbocycles. The zero-order valence-electron chi connectivity index (χ0n) is 8.86. The number of carbonyl (C=O) groups excluding carboxylic acids is 1. The van der Waals surface area contributed by atoms with Crippen LogP contribution in [0.4, 0.5) is 0 Å². The highest BCUT2D eigenvalue weighted by Crippen LogP contribution is 2.28. The average molecular weight is 241 g/mol. The van der Waals surface area contributed by atoms with Crippen LogP contribution in [-0.4, -0.2) is 22.3 Å². The van der Waals surface area contributed by atoms with Crippen molar-refractivity contribution in [3.63, 3.8) is 0 Å². The van der Waals surface area contributed by atoms with Gasteiger partial charge in [-0.25, -0.2) is 4.98 Å². The summed E-state index contributed by atoms with van der Waals surface area (Å²) in [5.74, 6) is 3.62. The van der Waals surface area contributed by atoms with Gasteiger partial charge < -0.3 is 0 Å². The molecule has 1 atom stereocenters. The maximum atomic E-state index is 10.9. The highest BCUT2D eigenvalue weighted by Gasteiger charge is 2.17. The van der Waals surface area contributed by atoms with Crippen LogP contribution in [-0.2, 0) is 17.6 Å². The molecule has 2 heterocycles. The standard InChI is InChI=1S/C11H15NOS2/c1-8(13)4-10-6-12-11(15-10)5-9-2-3-14-7-9/h6,9H,2-5,7H2,1H3. The number of thioether (sulfide) groups is 1. The Bertz CT molecular complexity index is 342. The van der Waals surface area contributed by atoms with Crippen molar-refractivity contribution in [2.45, 2.75) is 26.2 Å². The number of aromatic nitrogens is 1. The van der Waals surface area contributed by atoms with Crippen molar-refractivity contribution >= 4 is 28.9 Å². The van der Waals surface area contributed by atoms with Crippen molar-refractivity contribution < 1.29 is 4.79 Å². The van der Waals surface area contributed by atoms with Crippen LogP contribution in [0.5, 0.6) is 0 Å². The summed E-state index contributed by atoms with van der Waals surface area (Å²) in [5, 5.41) is 1.21. The quantitative estimate of drug-likeness (QED) is 0.811. The molecule has 0 amide bonds. The summed E-state index contributed by atoms with van der Waals surface area (Å²) in [7, 11) is 0. The van der Waals surface area contributed by atoms with E-state index >= 15 is 0 Å². The van der Waals surface area contributed by atoms with Crippen molar-refractivity contribution in [3.8, 4) is 0 Å². The Kier molecular flexibility index (Phi) is 3.81. The molecule has 0 saturated carbocycles. The summed E-state index contributed by atoms with van der Waals surface area (Å²) in [6.07, 6.45) is 4.85. The Morgan fingerprint density at radius 2 is 2.53 bits per heavy atom. The maximum absolute atomic E-state index is 10.9. The molecule has 15 heavy (non-hydrogen) atoms. The second kappa shape index (κ2) is 5.12. The van der Waals surface area contributed by atoms with Gasteiger partial charge in [-0.2, -0.15) is 11.8 Å². The molecule has 0 bridgehead atoms. The fraction of sp³-hybridized carbons (Fsp3) is 0.636. The van der Waals surface area contributed by atoms with Gasteiger partial charge in [0.1, 0.15) is 5.78 Å². The second-order valence-corrected chi connectivity index (χ2v) is 6.38. The van der Waals surface area contributed by atoms with Crippen molar-refractivity contribution in [3.05, 3.63) is 16.1 Å². The average Bonchev–Trinajstić information content (AvgIpc) is 2.77. The Labute approximate surface area is 98.5 Å². The third-order valence-corrected chi connectivity index (χ3v) is 4.76. The molecule has 1 aliphatic rings. The molecule has 4 heteroatoms. The number of Topliss-reactive ketones (excluding diaryl/α,β-unsaturated/α-hetero) is 1. The fourth-order valence-electron chi connectivity index (χ4n) is 1.76. The van der Waals surface area contributed by atoms with Crippen LogP contribution in [0.2, 0.25) is 0 Å². The monoisotopic (exact) mass is 241 g/mol. The maximum Gasteiger partial charge on any atom is 0.135 e. The zero-order chi connectivity index (χ0) is 10.7. The van der Waals surface area contributed by atoms with Gasteiger partial charge in [0, 0.05) is 23.9 Å². The third kappa shape index (κ3) is 3.31. The summed E-state index contributed by atoms with van der Waals surface area (Å²) in [5.41, 5.74) is 0. The lowest BCUT2D eigenvalue weighted by molar-refractivity contribution is -0.116. The summed E-state index contributed by atoms with van der Waals surface area (Å²) in [4.78, 5) is 16.4. The highest BCUT2D eigenvalue weighted by molar-refractivity contribution is 7.99. The van der Waals surface area contributed by atoms with Gasteiger partial charge in [0.25, 0.3) is 0 Å². The van der Waals surface area contributed by atoms with Crippen molar-refractivity contribution in [1.82, 2.24) is 4.98 Å². The molecule has 2 nitrogen and oxygen atoms in total. The van der Waals surface area contributed by atoms with Crippen LogP contribution in [0.3, 0.4) is 0 Å². The van der Waals surface area contributed by atoms with Crippen LogP contribution < -0.4 is 0 Å². The first-order valence-corrected chi connectivity index (χ1v) is 7.22. The van der Waals surface area contributed by atoms with Gasteiger partial charge in [-0.1, -0.05) is 0 Å². The molecule has 1 saturated heterocycles. The molecule has 0 radical (unpaired) electrons. The molecule has 2 rings (SSSR count). The van der Waals surface area contributed by atoms with Crippen LogP contribution in [0, 0.1) is 5.92 Å². The van der Waals surface area contributed by atoms with Crippen LogP contribution in [0.1, 0.15) is 23.2 Å². The number of carbonyl (C=O) groups is 1. The van der Waals surface area contributed by atoms with Gasteiger partial charge >= 0.3 is 0 Å². The zero-order valence-corrected chi connectivity index (χ0v) is 10.5. The normalized spacial score (nSPS) is 20.7. The molecular formula is C11H15NOS2. The SMILES string of the molecule is CC(=O)Cc1cnc(CC2CCSC2)s1. The van der Waals surface area contributed by atoms with Gasteiger partial charge in [-0.05, 0) is 30.8 Å². The molecule has 0 spiro atoms. The predicted octanol–water partition coefficient (Wildman–Crippen LogP) is 2.57. The molecule has 1 aliphatic heterocycles. The molecule has 1 aromatic heterocycles. The van der Waals surface area contributed by atoms with Crippen LogP contribution >= 0.6 is 23.1 Å². The van der Waals surface area contributed by atoms with Crippen LogP contribution in [0.25, 0.3) is 0 Å². The van der Waals surface area contributed by atoms with Crippen molar-refractivity contribution in [1.29, 1.82) is 0 Å². The first-order chi connectivity index (χ1) is 7.24. The van der Waals surface area contributed by atoms with E-state index in [0.717, 1.165) is 17.2 Å². The van der Waals surface area contributed by atoms with Gasteiger partial charge in [-0.15, -0.1) is 11.3 Å². The number of ketones is 1. The summed E-state index contributed by atoms with van der Waals surface area (Å²) in [6.45, 7) is 1.63. The lowest BCUT2D eigenvalue weighted by Gasteiger charge is -2.03. The Morgan fingerprint density at radius 1 is 1.67 bits per heavy atom. The lowest BCUT2D eigenvalue weighted by Crippen LogP contribution is -2.01. The largest absolute Gasteiger partial charge is 0.300 e. The number of nitrogens with zero attached hydrogens (tertiary/aromatic N) is 1. The van der Waals surface area contributed by atoms with Crippen LogP contribution in [0.15, 0.2) is 6.20 Å². The molecule has 1 unspecified atom stereocenters. The number of thiazole rings is 1. The van der Waals surface area contributed by atoms with E-state index in [2.05, 4.69) is 4.98 Å². The minimum Gasteiger partial charge on any atom is -0.300 e. The molecule has 1 aromatic rings. The molecule has 0 N–H and O–H groups in total. The van der Waals surface area contributed by atoms with E-state index in [1.54, 1.807) is 18.3 Å². The van der Waals surface area contributed by atoms with Crippen molar-refractivity contribution in [2.24, 2.45) is 5.92 Å². The summed E-state index contributed by atoms with van der Waals surface area (Å²) >= 11 is 3.75. The van der Waals surface area contributed by atoms with Gasteiger partial charge in [0.15, 0.2) is 0 Å². The number of hydrogen-bond donors (Lipinski definition) is 0. The minimum atomic E-state index is 0.224. The van der Waals surface area contributed by atoms with E-state index in [9.17, 15) is 4.79 Å². The van der Waals surface area contributed by atoms with E-state index in [4.69, 9.17) is 0 Å². The molecule has 1 fully saturated rings. The second-order valence-electron chi connectivity index (χ2n) is 4.03. The van der Waals surface area contributed by atoms with Gasteiger partial charge in [-0.3, -0.25) is 4.79 Å². The molecule has 82 valence electrons. The van der Waals surface area contributed by atoms with E-state index in [1.807, 2.05) is 18.0 Å².